The maximum Gasteiger partial charge on any atom is 0.252 e. The van der Waals surface area contributed by atoms with Gasteiger partial charge in [0, 0.05) is 50.6 Å². The highest BCUT2D eigenvalue weighted by molar-refractivity contribution is 7.00. The number of hydrogen-bond donors (Lipinski definition) is 0. The van der Waals surface area contributed by atoms with Gasteiger partial charge in [-0.1, -0.05) is 279 Å². The second-order valence-corrected chi connectivity index (χ2v) is 33.6. The molecule has 0 N–H and O–H groups in total. The van der Waals surface area contributed by atoms with Gasteiger partial charge in [0.05, 0.1) is 22.0 Å². The van der Waals surface area contributed by atoms with Crippen LogP contribution < -0.4 is 26.2 Å². The summed E-state index contributed by atoms with van der Waals surface area (Å²) in [5.41, 5.74) is 24.2. The van der Waals surface area contributed by atoms with Gasteiger partial charge in [-0.3, -0.25) is 0 Å². The molecule has 3 nitrogen and oxygen atoms in total. The van der Waals surface area contributed by atoms with Gasteiger partial charge in [-0.2, -0.15) is 0 Å². The van der Waals surface area contributed by atoms with E-state index in [4.69, 9.17) is 5.48 Å². The lowest BCUT2D eigenvalue weighted by atomic mass is 9.33. The standard InChI is InChI=1S/C88H96BN3/c1-82(2,3)61-42-58(43-62(49-61)83(4,5)6)55-30-35-68(36-31-55)90-77-48-57(60-46-65(86(13,14)15)51-66(47-60)87(16,17)18)34-40-73(77)89-74-41-39-70(92-75-28-24-22-26-71(75)72-27-23-25-29-76(72)92)54-78(74)91(80-53-67(88(19,20)21)52-79(90)81(80)89)69-37-32-56(33-38-69)59-44-63(84(7,8)9)50-64(45-59)85(10,11)12/h22-54H,1-21H3/i22D,23D,24D,25D,26D,27D,28D,29D. The first-order valence-corrected chi connectivity index (χ1v) is 33.1. The molecule has 0 spiro atoms. The summed E-state index contributed by atoms with van der Waals surface area (Å²) in [6, 6.07) is 54.1. The minimum atomic E-state index is -0.480. The van der Waals surface area contributed by atoms with Gasteiger partial charge in [-0.15, -0.1) is 0 Å². The Morgan fingerprint density at radius 2 is 0.565 bits per heavy atom. The van der Waals surface area contributed by atoms with E-state index in [9.17, 15) is 5.48 Å². The fourth-order valence-electron chi connectivity index (χ4n) is 13.6. The molecule has 466 valence electrons. The van der Waals surface area contributed by atoms with Crippen LogP contribution in [0.25, 0.3) is 60.9 Å². The molecule has 92 heavy (non-hydrogen) atoms. The van der Waals surface area contributed by atoms with Crippen LogP contribution in [0.4, 0.5) is 34.1 Å². The Balaban J connectivity index is 1.13. The van der Waals surface area contributed by atoms with Crippen molar-refractivity contribution in [3.63, 3.8) is 0 Å². The second-order valence-electron chi connectivity index (χ2n) is 33.6. The number of rotatable bonds is 6. The van der Waals surface area contributed by atoms with Crippen molar-refractivity contribution in [2.45, 2.75) is 183 Å². The third-order valence-corrected chi connectivity index (χ3v) is 19.5. The summed E-state index contributed by atoms with van der Waals surface area (Å²) in [6.07, 6.45) is 0. The van der Waals surface area contributed by atoms with Gasteiger partial charge in [-0.25, -0.2) is 0 Å². The summed E-state index contributed by atoms with van der Waals surface area (Å²) in [5, 5.41) is 0.0722. The summed E-state index contributed by atoms with van der Waals surface area (Å²) in [4.78, 5) is 4.87. The monoisotopic (exact) mass is 1210 g/mol. The fraction of sp³-hybridized carbons (Fsp3) is 0.318. The zero-order valence-electron chi connectivity index (χ0n) is 66.4. The average molecular weight is 1210 g/mol. The molecule has 0 bridgehead atoms. The van der Waals surface area contributed by atoms with Crippen molar-refractivity contribution in [3.8, 4) is 39.1 Å². The third kappa shape index (κ3) is 11.2. The predicted octanol–water partition coefficient (Wildman–Crippen LogP) is 22.9. The van der Waals surface area contributed by atoms with E-state index < -0.39 is 24.2 Å². The number of hydrogen-bond acceptors (Lipinski definition) is 2. The zero-order valence-corrected chi connectivity index (χ0v) is 58.4. The van der Waals surface area contributed by atoms with Crippen LogP contribution in [0.5, 0.6) is 0 Å². The van der Waals surface area contributed by atoms with Gasteiger partial charge in [-0.05, 0) is 193 Å². The molecule has 3 heterocycles. The van der Waals surface area contributed by atoms with Crippen LogP contribution in [0.2, 0.25) is 0 Å². The van der Waals surface area contributed by atoms with Gasteiger partial charge in [0.15, 0.2) is 0 Å². The Kier molecular flexibility index (Phi) is 12.5. The number of benzene rings is 10. The summed E-state index contributed by atoms with van der Waals surface area (Å²) >= 11 is 0. The van der Waals surface area contributed by atoms with Gasteiger partial charge < -0.3 is 14.4 Å². The van der Waals surface area contributed by atoms with Crippen LogP contribution in [-0.4, -0.2) is 11.3 Å². The van der Waals surface area contributed by atoms with Crippen LogP contribution in [0.3, 0.4) is 0 Å². The fourth-order valence-corrected chi connectivity index (χ4v) is 13.6. The molecule has 11 aromatic rings. The Morgan fingerprint density at radius 1 is 0.272 bits per heavy atom. The predicted molar refractivity (Wildman–Crippen MR) is 402 cm³/mol. The zero-order chi connectivity index (χ0) is 72.7. The molecule has 0 unspecified atom stereocenters. The van der Waals surface area contributed by atoms with Crippen LogP contribution in [-0.2, 0) is 37.9 Å². The summed E-state index contributed by atoms with van der Waals surface area (Å²) in [5.74, 6) is 0. The number of para-hydroxylation sites is 2. The number of fused-ring (bicyclic) bond motifs is 7. The van der Waals surface area contributed by atoms with E-state index in [1.54, 1.807) is 4.57 Å². The Bertz CT molecular complexity index is 5030. The molecular formula is C88H96BN3. The van der Waals surface area contributed by atoms with Crippen molar-refractivity contribution in [1.82, 2.24) is 4.57 Å². The minimum Gasteiger partial charge on any atom is -0.311 e. The van der Waals surface area contributed by atoms with Gasteiger partial charge in [0.25, 0.3) is 6.71 Å². The van der Waals surface area contributed by atoms with Crippen molar-refractivity contribution in [3.05, 3.63) is 239 Å². The van der Waals surface area contributed by atoms with Gasteiger partial charge >= 0.3 is 0 Å². The van der Waals surface area contributed by atoms with Crippen molar-refractivity contribution in [1.29, 1.82) is 0 Å². The Morgan fingerprint density at radius 3 is 0.924 bits per heavy atom. The first kappa shape index (κ1) is 53.2. The molecular weight excluding hydrogens is 1110 g/mol. The molecule has 0 aliphatic carbocycles. The summed E-state index contributed by atoms with van der Waals surface area (Å²) in [6.45, 7) is 47.6. The van der Waals surface area contributed by atoms with Crippen molar-refractivity contribution in [2.75, 3.05) is 9.80 Å². The largest absolute Gasteiger partial charge is 0.311 e. The van der Waals surface area contributed by atoms with E-state index in [1.165, 1.54) is 38.9 Å². The highest BCUT2D eigenvalue weighted by Crippen LogP contribution is 2.49. The molecule has 2 aliphatic heterocycles. The second kappa shape index (κ2) is 21.6. The molecule has 0 amide bonds. The lowest BCUT2D eigenvalue weighted by molar-refractivity contribution is 0.568. The highest BCUT2D eigenvalue weighted by Gasteiger charge is 2.45. The number of aromatic nitrogens is 1. The van der Waals surface area contributed by atoms with E-state index in [0.717, 1.165) is 83.9 Å². The van der Waals surface area contributed by atoms with Crippen molar-refractivity contribution in [2.24, 2.45) is 0 Å². The highest BCUT2D eigenvalue weighted by atomic mass is 15.2. The first-order valence-electron chi connectivity index (χ1n) is 37.1. The molecule has 0 radical (unpaired) electrons. The summed E-state index contributed by atoms with van der Waals surface area (Å²) in [7, 11) is 0. The molecule has 10 aromatic carbocycles. The SMILES string of the molecule is [2H]c1c([2H])c([2H])c2c(c1[2H])c1c([2H])c([2H])c([2H])c([2H])c1n2-c1ccc2c(c1)N(c1ccc(-c3cc(C(C)(C)C)cc(C(C)(C)C)c3)cc1)c1cc(C(C)(C)C)cc3c1B2c1ccc(-c2cc(C(C)(C)C)cc(C(C)(C)C)c2)cc1N3c1ccc(-c2cc(C(C)(C)C)cc(C(C)(C)C)c2)cc1. The maximum absolute atomic E-state index is 9.62. The van der Waals surface area contributed by atoms with Crippen molar-refractivity contribution >= 4 is 79.0 Å². The molecule has 0 saturated heterocycles. The molecule has 13 rings (SSSR count). The quantitative estimate of drug-likeness (QED) is 0.154. The van der Waals surface area contributed by atoms with Crippen LogP contribution in [0.15, 0.2) is 200 Å². The smallest absolute Gasteiger partial charge is 0.252 e. The lowest BCUT2D eigenvalue weighted by Crippen LogP contribution is -2.61. The summed E-state index contributed by atoms with van der Waals surface area (Å²) < 4.78 is 75.7. The van der Waals surface area contributed by atoms with Crippen LogP contribution in [0, 0.1) is 0 Å². The van der Waals surface area contributed by atoms with E-state index in [-0.39, 0.29) is 90.6 Å². The number of anilines is 6. The van der Waals surface area contributed by atoms with Crippen molar-refractivity contribution < 1.29 is 11.0 Å². The van der Waals surface area contributed by atoms with E-state index in [1.807, 2.05) is 6.07 Å². The average Bonchev–Trinajstić information content (AvgIpc) is 1.05. The first-order chi connectivity index (χ1) is 46.3. The van der Waals surface area contributed by atoms with Crippen LogP contribution in [0.1, 0.15) is 195 Å². The molecule has 1 aromatic heterocycles. The lowest BCUT2D eigenvalue weighted by Gasteiger charge is -2.45. The van der Waals surface area contributed by atoms with E-state index in [2.05, 4.69) is 301 Å². The Hall–Kier alpha value is -8.34. The molecule has 0 saturated carbocycles. The minimum absolute atomic E-state index is 0.0361. The molecule has 2 aliphatic rings. The molecule has 0 atom stereocenters. The van der Waals surface area contributed by atoms with Gasteiger partial charge in [0.2, 0.25) is 0 Å². The van der Waals surface area contributed by atoms with Crippen LogP contribution >= 0.6 is 0 Å². The van der Waals surface area contributed by atoms with Gasteiger partial charge in [0.1, 0.15) is 0 Å². The Labute approximate surface area is 562 Å². The topological polar surface area (TPSA) is 11.4 Å². The normalized spacial score (nSPS) is 15.1. The number of nitrogens with zero attached hydrogens (tertiary/aromatic N) is 3. The van der Waals surface area contributed by atoms with E-state index >= 15 is 0 Å². The molecule has 0 fully saturated rings. The maximum atomic E-state index is 9.62. The third-order valence-electron chi connectivity index (χ3n) is 19.5. The van der Waals surface area contributed by atoms with E-state index in [0.29, 0.717) is 5.69 Å². The molecule has 4 heteroatoms.